The quantitative estimate of drug-likeness (QED) is 0.774. The van der Waals surface area contributed by atoms with Crippen LogP contribution in [-0.4, -0.2) is 9.78 Å². The van der Waals surface area contributed by atoms with Crippen LogP contribution >= 0.6 is 12.2 Å². The van der Waals surface area contributed by atoms with E-state index in [1.54, 1.807) is 16.8 Å². The van der Waals surface area contributed by atoms with Gasteiger partial charge in [-0.2, -0.15) is 0 Å². The molecule has 0 aliphatic heterocycles. The zero-order valence-electron chi connectivity index (χ0n) is 8.33. The number of aromatic amines is 1. The molecule has 0 saturated heterocycles. The van der Waals surface area contributed by atoms with E-state index in [0.717, 1.165) is 17.8 Å². The van der Waals surface area contributed by atoms with Crippen molar-refractivity contribution in [2.75, 3.05) is 0 Å². The van der Waals surface area contributed by atoms with Crippen LogP contribution in [0.25, 0.3) is 5.69 Å². The highest BCUT2D eigenvalue weighted by atomic mass is 32.1. The molecule has 0 bridgehead atoms. The summed E-state index contributed by atoms with van der Waals surface area (Å²) in [5.74, 6) is -0.243. The SMILES string of the molecule is CCc1cc(=S)n(-c2ccc(F)cc2)[nH]1. The largest absolute Gasteiger partial charge is 0.297 e. The minimum atomic E-state index is -0.243. The second kappa shape index (κ2) is 3.98. The predicted octanol–water partition coefficient (Wildman–Crippen LogP) is 3.24. The lowest BCUT2D eigenvalue weighted by atomic mass is 10.3. The Morgan fingerprint density at radius 1 is 1.33 bits per heavy atom. The van der Waals surface area contributed by atoms with Gasteiger partial charge in [-0.25, -0.2) is 9.07 Å². The van der Waals surface area contributed by atoms with E-state index in [1.165, 1.54) is 12.1 Å². The van der Waals surface area contributed by atoms with Crippen molar-refractivity contribution in [1.82, 2.24) is 9.78 Å². The minimum absolute atomic E-state index is 0.243. The molecule has 0 saturated carbocycles. The molecule has 2 nitrogen and oxygen atoms in total. The van der Waals surface area contributed by atoms with Crippen LogP contribution < -0.4 is 0 Å². The zero-order chi connectivity index (χ0) is 10.8. The van der Waals surface area contributed by atoms with Gasteiger partial charge in [0, 0.05) is 5.69 Å². The van der Waals surface area contributed by atoms with Crippen molar-refractivity contribution in [2.45, 2.75) is 13.3 Å². The normalized spacial score (nSPS) is 10.5. The molecule has 0 spiro atoms. The van der Waals surface area contributed by atoms with Gasteiger partial charge in [-0.1, -0.05) is 19.1 Å². The molecule has 15 heavy (non-hydrogen) atoms. The maximum absolute atomic E-state index is 12.7. The van der Waals surface area contributed by atoms with E-state index in [-0.39, 0.29) is 5.82 Å². The summed E-state index contributed by atoms with van der Waals surface area (Å²) in [5, 5.41) is 3.16. The molecular formula is C11H11FN2S. The molecule has 0 aliphatic carbocycles. The molecule has 1 heterocycles. The van der Waals surface area contributed by atoms with Gasteiger partial charge in [0.25, 0.3) is 0 Å². The first-order valence-electron chi connectivity index (χ1n) is 4.77. The summed E-state index contributed by atoms with van der Waals surface area (Å²) in [6.45, 7) is 2.05. The molecule has 2 rings (SSSR count). The van der Waals surface area contributed by atoms with Gasteiger partial charge >= 0.3 is 0 Å². The Hall–Kier alpha value is -1.42. The number of rotatable bonds is 2. The molecule has 1 aromatic carbocycles. The fraction of sp³-hybridized carbons (Fsp3) is 0.182. The van der Waals surface area contributed by atoms with Crippen molar-refractivity contribution in [2.24, 2.45) is 0 Å². The third-order valence-corrected chi connectivity index (χ3v) is 2.54. The van der Waals surface area contributed by atoms with Gasteiger partial charge in [0.1, 0.15) is 10.5 Å². The molecule has 0 unspecified atom stereocenters. The van der Waals surface area contributed by atoms with Gasteiger partial charge in [0.15, 0.2) is 0 Å². The molecule has 0 amide bonds. The lowest BCUT2D eigenvalue weighted by Gasteiger charge is -2.02. The van der Waals surface area contributed by atoms with E-state index < -0.39 is 0 Å². The van der Waals surface area contributed by atoms with E-state index >= 15 is 0 Å². The number of hydrogen-bond acceptors (Lipinski definition) is 1. The topological polar surface area (TPSA) is 20.7 Å². The van der Waals surface area contributed by atoms with Gasteiger partial charge in [0.05, 0.1) is 5.69 Å². The zero-order valence-corrected chi connectivity index (χ0v) is 9.14. The Morgan fingerprint density at radius 3 is 2.53 bits per heavy atom. The van der Waals surface area contributed by atoms with Crippen LogP contribution in [0.4, 0.5) is 4.39 Å². The van der Waals surface area contributed by atoms with Crippen molar-refractivity contribution in [1.29, 1.82) is 0 Å². The van der Waals surface area contributed by atoms with E-state index in [2.05, 4.69) is 12.0 Å². The fourth-order valence-corrected chi connectivity index (χ4v) is 1.70. The van der Waals surface area contributed by atoms with Gasteiger partial charge in [-0.15, -0.1) is 0 Å². The monoisotopic (exact) mass is 222 g/mol. The number of nitrogens with zero attached hydrogens (tertiary/aromatic N) is 1. The molecule has 78 valence electrons. The van der Waals surface area contributed by atoms with Crippen molar-refractivity contribution in [3.05, 3.63) is 46.5 Å². The Balaban J connectivity index is 2.49. The van der Waals surface area contributed by atoms with E-state index in [1.807, 2.05) is 6.07 Å². The molecule has 2 aromatic rings. The number of aromatic nitrogens is 2. The molecule has 0 fully saturated rings. The number of aryl methyl sites for hydroxylation is 1. The maximum Gasteiger partial charge on any atom is 0.127 e. The van der Waals surface area contributed by atoms with E-state index in [0.29, 0.717) is 4.64 Å². The minimum Gasteiger partial charge on any atom is -0.297 e. The van der Waals surface area contributed by atoms with Crippen molar-refractivity contribution in [3.8, 4) is 5.69 Å². The third kappa shape index (κ3) is 1.99. The summed E-state index contributed by atoms with van der Waals surface area (Å²) in [6.07, 6.45) is 0.901. The van der Waals surface area contributed by atoms with Gasteiger partial charge in [-0.3, -0.25) is 5.10 Å². The Labute approximate surface area is 92.3 Å². The summed E-state index contributed by atoms with van der Waals surface area (Å²) in [7, 11) is 0. The number of halogens is 1. The summed E-state index contributed by atoms with van der Waals surface area (Å²) in [4.78, 5) is 0. The van der Waals surface area contributed by atoms with Crippen LogP contribution in [0.3, 0.4) is 0 Å². The summed E-state index contributed by atoms with van der Waals surface area (Å²) in [6, 6.07) is 8.15. The summed E-state index contributed by atoms with van der Waals surface area (Å²) in [5.41, 5.74) is 1.92. The van der Waals surface area contributed by atoms with Crippen LogP contribution in [0, 0.1) is 10.5 Å². The first kappa shape index (κ1) is 10.1. The lowest BCUT2D eigenvalue weighted by molar-refractivity contribution is 0.627. The average molecular weight is 222 g/mol. The molecule has 1 aromatic heterocycles. The smallest absolute Gasteiger partial charge is 0.127 e. The van der Waals surface area contributed by atoms with Gasteiger partial charge in [0.2, 0.25) is 0 Å². The third-order valence-electron chi connectivity index (χ3n) is 2.24. The fourth-order valence-electron chi connectivity index (χ4n) is 1.41. The highest BCUT2D eigenvalue weighted by Gasteiger charge is 2.01. The standard InChI is InChI=1S/C11H11FN2S/c1-2-9-7-11(15)14(13-9)10-5-3-8(12)4-6-10/h3-7,13H,2H2,1H3. The second-order valence-corrected chi connectivity index (χ2v) is 3.70. The van der Waals surface area contributed by atoms with Crippen LogP contribution in [-0.2, 0) is 6.42 Å². The molecular weight excluding hydrogens is 211 g/mol. The van der Waals surface area contributed by atoms with Crippen molar-refractivity contribution in [3.63, 3.8) is 0 Å². The Kier molecular flexibility index (Phi) is 2.68. The number of benzene rings is 1. The van der Waals surface area contributed by atoms with Crippen LogP contribution in [0.15, 0.2) is 30.3 Å². The molecule has 0 radical (unpaired) electrons. The molecule has 0 aliphatic rings. The lowest BCUT2D eigenvalue weighted by Crippen LogP contribution is -1.97. The molecule has 1 N–H and O–H groups in total. The Morgan fingerprint density at radius 2 is 2.00 bits per heavy atom. The number of nitrogens with one attached hydrogen (secondary N) is 1. The number of H-pyrrole nitrogens is 1. The maximum atomic E-state index is 12.7. The van der Waals surface area contributed by atoms with Crippen LogP contribution in [0.1, 0.15) is 12.6 Å². The van der Waals surface area contributed by atoms with Crippen LogP contribution in [0.5, 0.6) is 0 Å². The van der Waals surface area contributed by atoms with E-state index in [4.69, 9.17) is 12.2 Å². The first-order valence-corrected chi connectivity index (χ1v) is 5.18. The highest BCUT2D eigenvalue weighted by Crippen LogP contribution is 2.10. The summed E-state index contributed by atoms with van der Waals surface area (Å²) >= 11 is 5.19. The van der Waals surface area contributed by atoms with E-state index in [9.17, 15) is 4.39 Å². The van der Waals surface area contributed by atoms with Gasteiger partial charge < -0.3 is 0 Å². The Bertz CT molecular complexity index is 510. The number of hydrogen-bond donors (Lipinski definition) is 1. The van der Waals surface area contributed by atoms with Crippen LogP contribution in [0.2, 0.25) is 0 Å². The van der Waals surface area contributed by atoms with Crippen molar-refractivity contribution < 1.29 is 4.39 Å². The second-order valence-electron chi connectivity index (χ2n) is 3.28. The highest BCUT2D eigenvalue weighted by molar-refractivity contribution is 7.71. The predicted molar refractivity (Wildman–Crippen MR) is 60.3 cm³/mol. The average Bonchev–Trinajstić information content (AvgIpc) is 2.61. The first-order chi connectivity index (χ1) is 7.20. The van der Waals surface area contributed by atoms with Gasteiger partial charge in [-0.05, 0) is 36.8 Å². The van der Waals surface area contributed by atoms with Crippen molar-refractivity contribution >= 4 is 12.2 Å². The summed E-state index contributed by atoms with van der Waals surface area (Å²) < 4.78 is 15.2. The molecule has 0 atom stereocenters. The molecule has 4 heteroatoms.